The summed E-state index contributed by atoms with van der Waals surface area (Å²) < 4.78 is 17.0. The summed E-state index contributed by atoms with van der Waals surface area (Å²) in [5.74, 6) is 3.03. The molecule has 0 aliphatic carbocycles. The van der Waals surface area contributed by atoms with Crippen molar-refractivity contribution in [3.63, 3.8) is 0 Å². The molecular weight excluding hydrogens is 266 g/mol. The predicted octanol–water partition coefficient (Wildman–Crippen LogP) is 3.51. The molecule has 1 aromatic carbocycles. The van der Waals surface area contributed by atoms with Gasteiger partial charge in [0.1, 0.15) is 5.75 Å². The Hall–Kier alpha value is -1.42. The Labute approximate surface area is 127 Å². The molecule has 2 rings (SSSR count). The third kappa shape index (κ3) is 4.03. The quantitative estimate of drug-likeness (QED) is 0.797. The highest BCUT2D eigenvalue weighted by Gasteiger charge is 2.19. The van der Waals surface area contributed by atoms with Crippen LogP contribution in [0.3, 0.4) is 0 Å². The van der Waals surface area contributed by atoms with E-state index in [2.05, 4.69) is 20.8 Å². The van der Waals surface area contributed by atoms with Gasteiger partial charge in [0.05, 0.1) is 6.61 Å². The van der Waals surface area contributed by atoms with Crippen molar-refractivity contribution < 1.29 is 14.2 Å². The zero-order chi connectivity index (χ0) is 15.2. The van der Waals surface area contributed by atoms with E-state index < -0.39 is 0 Å². The molecule has 1 aliphatic heterocycles. The van der Waals surface area contributed by atoms with Crippen molar-refractivity contribution in [2.45, 2.75) is 52.5 Å². The number of nitrogens with two attached hydrogens (primary N) is 1. The number of benzene rings is 1. The van der Waals surface area contributed by atoms with Gasteiger partial charge in [-0.15, -0.1) is 0 Å². The second-order valence-electron chi connectivity index (χ2n) is 5.68. The van der Waals surface area contributed by atoms with Gasteiger partial charge in [0.2, 0.25) is 6.79 Å². The van der Waals surface area contributed by atoms with Gasteiger partial charge >= 0.3 is 0 Å². The Morgan fingerprint density at radius 2 is 1.76 bits per heavy atom. The summed E-state index contributed by atoms with van der Waals surface area (Å²) in [5.41, 5.74) is 7.21. The van der Waals surface area contributed by atoms with Crippen molar-refractivity contribution in [2.24, 2.45) is 11.7 Å². The molecule has 0 fully saturated rings. The van der Waals surface area contributed by atoms with Gasteiger partial charge in [-0.2, -0.15) is 0 Å². The summed E-state index contributed by atoms with van der Waals surface area (Å²) in [6, 6.07) is 4.10. The van der Waals surface area contributed by atoms with Gasteiger partial charge < -0.3 is 19.9 Å². The van der Waals surface area contributed by atoms with Crippen LogP contribution < -0.4 is 19.9 Å². The monoisotopic (exact) mass is 293 g/mol. The van der Waals surface area contributed by atoms with Crippen molar-refractivity contribution in [1.29, 1.82) is 0 Å². The molecule has 118 valence electrons. The van der Waals surface area contributed by atoms with Gasteiger partial charge in [0.15, 0.2) is 11.5 Å². The lowest BCUT2D eigenvalue weighted by Crippen LogP contribution is -2.22. The second-order valence-corrected chi connectivity index (χ2v) is 5.68. The Bertz CT molecular complexity index is 458. The lowest BCUT2D eigenvalue weighted by molar-refractivity contribution is 0.173. The molecule has 1 atom stereocenters. The minimum Gasteiger partial charge on any atom is -0.493 e. The third-order valence-corrected chi connectivity index (χ3v) is 4.19. The molecule has 0 spiro atoms. The second kappa shape index (κ2) is 7.55. The first-order chi connectivity index (χ1) is 10.2. The van der Waals surface area contributed by atoms with Crippen LogP contribution in [0.2, 0.25) is 0 Å². The van der Waals surface area contributed by atoms with Gasteiger partial charge in [0.25, 0.3) is 0 Å². The molecular formula is C17H27NO3. The minimum atomic E-state index is 0.140. The van der Waals surface area contributed by atoms with Gasteiger partial charge in [-0.1, -0.05) is 33.6 Å². The zero-order valence-corrected chi connectivity index (χ0v) is 13.4. The molecule has 4 nitrogen and oxygen atoms in total. The van der Waals surface area contributed by atoms with Gasteiger partial charge in [-0.05, 0) is 30.4 Å². The fourth-order valence-corrected chi connectivity index (χ4v) is 2.42. The highest BCUT2D eigenvalue weighted by atomic mass is 16.7. The SMILES string of the molecule is CCC(N)Cc1cc2c(cc1OCC(CC)CC)OCO2. The summed E-state index contributed by atoms with van der Waals surface area (Å²) in [6.45, 7) is 7.52. The normalized spacial score (nSPS) is 14.5. The van der Waals surface area contributed by atoms with Gasteiger partial charge in [-0.3, -0.25) is 0 Å². The Kier molecular flexibility index (Phi) is 5.74. The van der Waals surface area contributed by atoms with Crippen molar-refractivity contribution in [3.05, 3.63) is 17.7 Å². The molecule has 0 radical (unpaired) electrons. The fraction of sp³-hybridized carbons (Fsp3) is 0.647. The third-order valence-electron chi connectivity index (χ3n) is 4.19. The van der Waals surface area contributed by atoms with E-state index in [-0.39, 0.29) is 12.8 Å². The van der Waals surface area contributed by atoms with Crippen LogP contribution in [-0.2, 0) is 6.42 Å². The molecule has 1 aliphatic rings. The average molecular weight is 293 g/mol. The van der Waals surface area contributed by atoms with E-state index in [0.717, 1.165) is 55.1 Å². The van der Waals surface area contributed by atoms with Gasteiger partial charge in [-0.25, -0.2) is 0 Å². The maximum Gasteiger partial charge on any atom is 0.231 e. The maximum absolute atomic E-state index is 6.10. The Balaban J connectivity index is 2.16. The van der Waals surface area contributed by atoms with E-state index in [1.165, 1.54) is 0 Å². The van der Waals surface area contributed by atoms with Crippen LogP contribution in [-0.4, -0.2) is 19.4 Å². The molecule has 1 heterocycles. The summed E-state index contributed by atoms with van der Waals surface area (Å²) in [5, 5.41) is 0. The summed E-state index contributed by atoms with van der Waals surface area (Å²) in [6.07, 6.45) is 4.00. The van der Waals surface area contributed by atoms with Crippen LogP contribution in [0.4, 0.5) is 0 Å². The van der Waals surface area contributed by atoms with Crippen LogP contribution in [0.5, 0.6) is 17.2 Å². The number of hydrogen-bond acceptors (Lipinski definition) is 4. The van der Waals surface area contributed by atoms with Crippen molar-refractivity contribution >= 4 is 0 Å². The van der Waals surface area contributed by atoms with Crippen LogP contribution >= 0.6 is 0 Å². The van der Waals surface area contributed by atoms with Gasteiger partial charge in [0, 0.05) is 12.1 Å². The molecule has 0 bridgehead atoms. The standard InChI is InChI=1S/C17H27NO3/c1-4-12(5-2)10-19-15-9-17-16(20-11-21-17)8-13(15)7-14(18)6-3/h8-9,12,14H,4-7,10-11,18H2,1-3H3. The molecule has 2 N–H and O–H groups in total. The average Bonchev–Trinajstić information content (AvgIpc) is 2.95. The molecule has 0 saturated heterocycles. The summed E-state index contributed by atoms with van der Waals surface area (Å²) in [7, 11) is 0. The maximum atomic E-state index is 6.10. The van der Waals surface area contributed by atoms with E-state index in [9.17, 15) is 0 Å². The molecule has 0 amide bonds. The highest BCUT2D eigenvalue weighted by molar-refractivity contribution is 5.52. The molecule has 0 saturated carbocycles. The molecule has 4 heteroatoms. The topological polar surface area (TPSA) is 53.7 Å². The number of ether oxygens (including phenoxy) is 3. The van der Waals surface area contributed by atoms with E-state index in [0.29, 0.717) is 5.92 Å². The minimum absolute atomic E-state index is 0.140. The number of fused-ring (bicyclic) bond motifs is 1. The van der Waals surface area contributed by atoms with Crippen LogP contribution in [0.1, 0.15) is 45.6 Å². The lowest BCUT2D eigenvalue weighted by atomic mass is 10.0. The smallest absolute Gasteiger partial charge is 0.231 e. The fourth-order valence-electron chi connectivity index (χ4n) is 2.42. The zero-order valence-electron chi connectivity index (χ0n) is 13.4. The Morgan fingerprint density at radius 3 is 2.38 bits per heavy atom. The number of hydrogen-bond donors (Lipinski definition) is 1. The van der Waals surface area contributed by atoms with Crippen LogP contribution in [0, 0.1) is 5.92 Å². The lowest BCUT2D eigenvalue weighted by Gasteiger charge is -2.18. The first-order valence-corrected chi connectivity index (χ1v) is 7.98. The van der Waals surface area contributed by atoms with E-state index in [1.807, 2.05) is 12.1 Å². The van der Waals surface area contributed by atoms with E-state index in [4.69, 9.17) is 19.9 Å². The van der Waals surface area contributed by atoms with Crippen LogP contribution in [0.15, 0.2) is 12.1 Å². The largest absolute Gasteiger partial charge is 0.493 e. The first kappa shape index (κ1) is 16.0. The van der Waals surface area contributed by atoms with Crippen molar-refractivity contribution in [1.82, 2.24) is 0 Å². The predicted molar refractivity (Wildman–Crippen MR) is 84.1 cm³/mol. The van der Waals surface area contributed by atoms with E-state index in [1.54, 1.807) is 0 Å². The number of rotatable bonds is 8. The van der Waals surface area contributed by atoms with Crippen LogP contribution in [0.25, 0.3) is 0 Å². The summed E-state index contributed by atoms with van der Waals surface area (Å²) >= 11 is 0. The van der Waals surface area contributed by atoms with Crippen molar-refractivity contribution in [2.75, 3.05) is 13.4 Å². The highest BCUT2D eigenvalue weighted by Crippen LogP contribution is 2.38. The molecule has 1 unspecified atom stereocenters. The Morgan fingerprint density at radius 1 is 1.10 bits per heavy atom. The van der Waals surface area contributed by atoms with Crippen molar-refractivity contribution in [3.8, 4) is 17.2 Å². The molecule has 1 aromatic rings. The molecule has 0 aromatic heterocycles. The van der Waals surface area contributed by atoms with E-state index >= 15 is 0 Å². The first-order valence-electron chi connectivity index (χ1n) is 7.98. The molecule has 21 heavy (non-hydrogen) atoms. The summed E-state index contributed by atoms with van der Waals surface area (Å²) in [4.78, 5) is 0.